The Kier molecular flexibility index (Phi) is 4.18. The van der Waals surface area contributed by atoms with Gasteiger partial charge in [0.2, 0.25) is 0 Å². The van der Waals surface area contributed by atoms with Gasteiger partial charge in [0, 0.05) is 35.3 Å². The minimum Gasteiger partial charge on any atom is -0.404 e. The van der Waals surface area contributed by atoms with Crippen molar-refractivity contribution in [3.8, 4) is 0 Å². The zero-order valence-electron chi connectivity index (χ0n) is 13.8. The zero-order chi connectivity index (χ0) is 18.1. The Morgan fingerprint density at radius 2 is 2.08 bits per heavy atom. The van der Waals surface area contributed by atoms with E-state index in [0.717, 1.165) is 16.1 Å². The Morgan fingerprint density at radius 3 is 2.77 bits per heavy atom. The van der Waals surface area contributed by atoms with Crippen molar-refractivity contribution in [3.63, 3.8) is 0 Å². The first-order valence-electron chi connectivity index (χ1n) is 8.13. The summed E-state index contributed by atoms with van der Waals surface area (Å²) in [6.45, 7) is 0. The molecule has 0 radical (unpaired) electrons. The van der Waals surface area contributed by atoms with Crippen molar-refractivity contribution in [1.29, 1.82) is 5.41 Å². The number of rotatable bonds is 4. The Balaban J connectivity index is 1.65. The van der Waals surface area contributed by atoms with Gasteiger partial charge in [-0.15, -0.1) is 11.3 Å². The van der Waals surface area contributed by atoms with Crippen molar-refractivity contribution in [2.75, 3.05) is 0 Å². The molecular formula is C20H17FN4S. The van der Waals surface area contributed by atoms with Crippen LogP contribution in [0.25, 0.3) is 5.70 Å². The molecule has 0 saturated carbocycles. The molecule has 1 unspecified atom stereocenters. The van der Waals surface area contributed by atoms with Crippen LogP contribution in [0.15, 0.2) is 83.7 Å². The third-order valence-electron chi connectivity index (χ3n) is 4.36. The highest BCUT2D eigenvalue weighted by molar-refractivity contribution is 7.11. The molecule has 0 fully saturated rings. The Bertz CT molecular complexity index is 952. The maximum Gasteiger partial charge on any atom is 0.123 e. The highest BCUT2D eigenvalue weighted by Crippen LogP contribution is 2.33. The van der Waals surface area contributed by atoms with E-state index in [1.54, 1.807) is 23.5 Å². The predicted molar refractivity (Wildman–Crippen MR) is 104 cm³/mol. The van der Waals surface area contributed by atoms with Crippen LogP contribution in [-0.2, 0) is 0 Å². The number of nitrogens with two attached hydrogens (primary N) is 1. The quantitative estimate of drug-likeness (QED) is 0.724. The first-order chi connectivity index (χ1) is 12.7. The van der Waals surface area contributed by atoms with Gasteiger partial charge in [-0.1, -0.05) is 12.1 Å². The second-order valence-electron chi connectivity index (χ2n) is 5.93. The smallest absolute Gasteiger partial charge is 0.123 e. The SMILES string of the molecule is N=C(/C(=C\N)C1=CN2C(c3cccs3)=CNC2C=C1)c1ccc(F)cc1. The van der Waals surface area contributed by atoms with Gasteiger partial charge in [0.15, 0.2) is 0 Å². The number of nitrogens with zero attached hydrogens (tertiary/aromatic N) is 1. The fourth-order valence-corrected chi connectivity index (χ4v) is 3.78. The molecule has 0 amide bonds. The summed E-state index contributed by atoms with van der Waals surface area (Å²) in [6.07, 6.45) is 9.46. The van der Waals surface area contributed by atoms with E-state index >= 15 is 0 Å². The molecule has 2 aliphatic heterocycles. The highest BCUT2D eigenvalue weighted by Gasteiger charge is 2.27. The van der Waals surface area contributed by atoms with Crippen LogP contribution in [0.1, 0.15) is 10.4 Å². The molecule has 4 rings (SSSR count). The number of nitrogens with one attached hydrogen (secondary N) is 2. The summed E-state index contributed by atoms with van der Waals surface area (Å²) in [6, 6.07) is 9.97. The lowest BCUT2D eigenvalue weighted by molar-refractivity contribution is 0.439. The summed E-state index contributed by atoms with van der Waals surface area (Å²) in [5, 5.41) is 13.9. The molecule has 2 aromatic rings. The third-order valence-corrected chi connectivity index (χ3v) is 5.25. The van der Waals surface area contributed by atoms with Crippen LogP contribution < -0.4 is 11.1 Å². The highest BCUT2D eigenvalue weighted by atomic mass is 32.1. The number of hydrogen-bond donors (Lipinski definition) is 3. The van der Waals surface area contributed by atoms with Crippen molar-refractivity contribution in [2.45, 2.75) is 6.17 Å². The van der Waals surface area contributed by atoms with Gasteiger partial charge in [-0.3, -0.25) is 5.41 Å². The van der Waals surface area contributed by atoms with Crippen LogP contribution in [0.2, 0.25) is 0 Å². The predicted octanol–water partition coefficient (Wildman–Crippen LogP) is 3.78. The molecule has 3 heterocycles. The van der Waals surface area contributed by atoms with Gasteiger partial charge in [0.25, 0.3) is 0 Å². The molecule has 4 nitrogen and oxygen atoms in total. The van der Waals surface area contributed by atoms with Crippen molar-refractivity contribution < 1.29 is 4.39 Å². The van der Waals surface area contributed by atoms with E-state index in [9.17, 15) is 4.39 Å². The summed E-state index contributed by atoms with van der Waals surface area (Å²) in [7, 11) is 0. The lowest BCUT2D eigenvalue weighted by atomic mass is 9.95. The van der Waals surface area contributed by atoms with E-state index < -0.39 is 0 Å². The van der Waals surface area contributed by atoms with Crippen LogP contribution in [-0.4, -0.2) is 16.8 Å². The molecule has 1 aromatic carbocycles. The second kappa shape index (κ2) is 6.65. The Hall–Kier alpha value is -3.12. The number of allylic oxidation sites excluding steroid dienone is 3. The van der Waals surface area contributed by atoms with Crippen LogP contribution >= 0.6 is 11.3 Å². The summed E-state index contributed by atoms with van der Waals surface area (Å²) in [5.74, 6) is -0.326. The van der Waals surface area contributed by atoms with Gasteiger partial charge in [-0.05, 0) is 41.8 Å². The van der Waals surface area contributed by atoms with Crippen LogP contribution in [0.3, 0.4) is 0 Å². The van der Waals surface area contributed by atoms with Gasteiger partial charge in [0.05, 0.1) is 16.3 Å². The number of fused-ring (bicyclic) bond motifs is 1. The first-order valence-corrected chi connectivity index (χ1v) is 9.01. The molecular weight excluding hydrogens is 347 g/mol. The van der Waals surface area contributed by atoms with E-state index in [2.05, 4.69) is 16.3 Å². The monoisotopic (exact) mass is 364 g/mol. The largest absolute Gasteiger partial charge is 0.404 e. The standard InChI is InChI=1S/C20H17FN4S/c21-15-6-3-13(4-7-15)20(23)16(10-22)14-5-8-19-24-11-17(25(19)12-14)18-2-1-9-26-18/h1-12,19,23-24H,22H2/b16-10-,23-20?. The molecule has 1 atom stereocenters. The number of thiophene rings is 1. The fourth-order valence-electron chi connectivity index (χ4n) is 3.03. The summed E-state index contributed by atoms with van der Waals surface area (Å²) in [5.41, 5.74) is 9.24. The Morgan fingerprint density at radius 1 is 1.27 bits per heavy atom. The molecule has 0 bridgehead atoms. The number of hydrogen-bond acceptors (Lipinski definition) is 5. The molecule has 0 aliphatic carbocycles. The van der Waals surface area contributed by atoms with Gasteiger partial charge >= 0.3 is 0 Å². The minimum absolute atomic E-state index is 0.0508. The second-order valence-corrected chi connectivity index (χ2v) is 6.88. The normalized spacial score (nSPS) is 18.9. The summed E-state index contributed by atoms with van der Waals surface area (Å²) in [4.78, 5) is 3.29. The maximum absolute atomic E-state index is 13.2. The molecule has 0 saturated heterocycles. The van der Waals surface area contributed by atoms with E-state index in [0.29, 0.717) is 11.1 Å². The molecule has 4 N–H and O–H groups in total. The van der Waals surface area contributed by atoms with Gasteiger partial charge in [0.1, 0.15) is 12.0 Å². The Labute approximate surface area is 155 Å². The summed E-state index contributed by atoms with van der Waals surface area (Å²) < 4.78 is 13.2. The van der Waals surface area contributed by atoms with Crippen molar-refractivity contribution in [1.82, 2.24) is 10.2 Å². The third kappa shape index (κ3) is 2.84. The molecule has 2 aliphatic rings. The van der Waals surface area contributed by atoms with Crippen molar-refractivity contribution >= 4 is 22.7 Å². The first kappa shape index (κ1) is 16.4. The summed E-state index contributed by atoms with van der Waals surface area (Å²) >= 11 is 1.68. The average Bonchev–Trinajstić information content (AvgIpc) is 3.32. The van der Waals surface area contributed by atoms with E-state index in [1.807, 2.05) is 36.0 Å². The van der Waals surface area contributed by atoms with Gasteiger partial charge in [-0.25, -0.2) is 4.39 Å². The van der Waals surface area contributed by atoms with Crippen LogP contribution in [0.5, 0.6) is 0 Å². The van der Waals surface area contributed by atoms with Gasteiger partial charge < -0.3 is 16.0 Å². The lowest BCUT2D eigenvalue weighted by Crippen LogP contribution is -2.33. The molecule has 6 heteroatoms. The van der Waals surface area contributed by atoms with Crippen molar-refractivity contribution in [2.24, 2.45) is 5.73 Å². The van der Waals surface area contributed by atoms with E-state index in [-0.39, 0.29) is 17.7 Å². The number of halogens is 1. The lowest BCUT2D eigenvalue weighted by Gasteiger charge is -2.28. The molecule has 0 spiro atoms. The maximum atomic E-state index is 13.2. The average molecular weight is 364 g/mol. The zero-order valence-corrected chi connectivity index (χ0v) is 14.6. The minimum atomic E-state index is -0.326. The molecule has 1 aromatic heterocycles. The van der Waals surface area contributed by atoms with E-state index in [4.69, 9.17) is 11.1 Å². The fraction of sp³-hybridized carbons (Fsp3) is 0.0500. The van der Waals surface area contributed by atoms with Crippen LogP contribution in [0, 0.1) is 11.2 Å². The van der Waals surface area contributed by atoms with Gasteiger partial charge in [-0.2, -0.15) is 0 Å². The molecule has 26 heavy (non-hydrogen) atoms. The van der Waals surface area contributed by atoms with E-state index in [1.165, 1.54) is 18.3 Å². The number of benzene rings is 1. The molecule has 130 valence electrons. The van der Waals surface area contributed by atoms with Crippen LogP contribution in [0.4, 0.5) is 4.39 Å². The van der Waals surface area contributed by atoms with Crippen molar-refractivity contribution in [3.05, 3.63) is 99.9 Å². The topological polar surface area (TPSA) is 65.1 Å².